The second-order valence-electron chi connectivity index (χ2n) is 6.60. The Morgan fingerprint density at radius 3 is 2.32 bits per heavy atom. The molecule has 0 N–H and O–H groups in total. The van der Waals surface area contributed by atoms with Crippen LogP contribution in [0.1, 0.15) is 36.7 Å². The largest absolute Gasteiger partial charge is 0.496 e. The number of piperazine rings is 1. The number of rotatable bonds is 3. The fraction of sp³-hybridized carbons (Fsp3) is 0.529. The van der Waals surface area contributed by atoms with Gasteiger partial charge in [0.15, 0.2) is 0 Å². The molecule has 0 radical (unpaired) electrons. The Morgan fingerprint density at radius 1 is 1.18 bits per heavy atom. The van der Waals surface area contributed by atoms with Crippen molar-refractivity contribution in [2.45, 2.75) is 26.2 Å². The van der Waals surface area contributed by atoms with Gasteiger partial charge in [-0.2, -0.15) is 0 Å². The quantitative estimate of drug-likeness (QED) is 0.802. The zero-order chi connectivity index (χ0) is 16.3. The smallest absolute Gasteiger partial charge is 0.257 e. The lowest BCUT2D eigenvalue weighted by Gasteiger charge is -2.33. The van der Waals surface area contributed by atoms with E-state index < -0.39 is 0 Å². The molecular weight excluding hydrogens is 280 g/mol. The van der Waals surface area contributed by atoms with Gasteiger partial charge in [-0.3, -0.25) is 9.59 Å². The highest BCUT2D eigenvalue weighted by Gasteiger charge is 2.25. The van der Waals surface area contributed by atoms with Crippen LogP contribution in [0.4, 0.5) is 0 Å². The third kappa shape index (κ3) is 3.40. The summed E-state index contributed by atoms with van der Waals surface area (Å²) in [6.45, 7) is 8.62. The van der Waals surface area contributed by atoms with E-state index in [0.717, 1.165) is 12.0 Å². The average Bonchev–Trinajstić information content (AvgIpc) is 2.52. The van der Waals surface area contributed by atoms with Crippen LogP contribution in [0.15, 0.2) is 18.2 Å². The molecule has 5 heteroatoms. The molecule has 0 bridgehead atoms. The summed E-state index contributed by atoms with van der Waals surface area (Å²) < 4.78 is 5.35. The van der Waals surface area contributed by atoms with E-state index in [9.17, 15) is 9.59 Å². The Kier molecular flexibility index (Phi) is 4.74. The molecule has 0 aliphatic carbocycles. The molecule has 0 aromatic heterocycles. The minimum Gasteiger partial charge on any atom is -0.496 e. The molecule has 1 fully saturated rings. The Bertz CT molecular complexity index is 556. The fourth-order valence-corrected chi connectivity index (χ4v) is 2.54. The predicted molar refractivity (Wildman–Crippen MR) is 85.2 cm³/mol. The van der Waals surface area contributed by atoms with Gasteiger partial charge >= 0.3 is 0 Å². The third-order valence-electron chi connectivity index (χ3n) is 4.05. The summed E-state index contributed by atoms with van der Waals surface area (Å²) in [5.74, 6) is 0.560. The molecule has 0 spiro atoms. The second kappa shape index (κ2) is 6.38. The van der Waals surface area contributed by atoms with E-state index in [1.165, 1.54) is 0 Å². The van der Waals surface area contributed by atoms with Crippen molar-refractivity contribution in [1.82, 2.24) is 9.80 Å². The van der Waals surface area contributed by atoms with E-state index in [1.807, 2.05) is 18.2 Å². The second-order valence-corrected chi connectivity index (χ2v) is 6.60. The third-order valence-corrected chi connectivity index (χ3v) is 4.05. The molecule has 5 nitrogen and oxygen atoms in total. The van der Waals surface area contributed by atoms with Gasteiger partial charge in [0.05, 0.1) is 12.7 Å². The number of hydrogen-bond acceptors (Lipinski definition) is 3. The van der Waals surface area contributed by atoms with E-state index in [4.69, 9.17) is 4.74 Å². The average molecular weight is 304 g/mol. The maximum Gasteiger partial charge on any atom is 0.257 e. The minimum atomic E-state index is -0.0338. The van der Waals surface area contributed by atoms with Crippen molar-refractivity contribution in [2.75, 3.05) is 33.3 Å². The molecule has 1 heterocycles. The van der Waals surface area contributed by atoms with Crippen LogP contribution < -0.4 is 4.74 Å². The highest BCUT2D eigenvalue weighted by molar-refractivity contribution is 5.97. The summed E-state index contributed by atoms with van der Waals surface area (Å²) in [7, 11) is 1.58. The number of methoxy groups -OCH3 is 1. The lowest BCUT2D eigenvalue weighted by Crippen LogP contribution is -2.48. The van der Waals surface area contributed by atoms with Gasteiger partial charge in [0, 0.05) is 26.2 Å². The van der Waals surface area contributed by atoms with Crippen LogP contribution in [0.2, 0.25) is 0 Å². The number of carbonyl (C=O) groups is 2. The topological polar surface area (TPSA) is 49.9 Å². The van der Waals surface area contributed by atoms with Gasteiger partial charge in [-0.1, -0.05) is 26.8 Å². The van der Waals surface area contributed by atoms with Crippen molar-refractivity contribution in [1.29, 1.82) is 0 Å². The molecule has 1 saturated heterocycles. The van der Waals surface area contributed by atoms with Gasteiger partial charge in [0.1, 0.15) is 5.75 Å². The number of ether oxygens (including phenoxy) is 1. The van der Waals surface area contributed by atoms with Crippen LogP contribution in [-0.4, -0.2) is 55.4 Å². The van der Waals surface area contributed by atoms with Crippen LogP contribution in [0.5, 0.6) is 5.75 Å². The van der Waals surface area contributed by atoms with E-state index in [1.54, 1.807) is 16.9 Å². The molecule has 1 aromatic carbocycles. The van der Waals surface area contributed by atoms with Gasteiger partial charge in [-0.15, -0.1) is 0 Å². The Hall–Kier alpha value is -2.04. The standard InChI is InChI=1S/C17H24N2O3/c1-17(2,3)13-5-6-15(22-4)14(11-13)16(21)19-9-7-18(12-20)8-10-19/h5-6,11-12H,7-10H2,1-4H3. The number of amides is 2. The van der Waals surface area contributed by atoms with Crippen LogP contribution >= 0.6 is 0 Å². The van der Waals surface area contributed by atoms with E-state index in [0.29, 0.717) is 37.5 Å². The first kappa shape index (κ1) is 16.3. The zero-order valence-electron chi connectivity index (χ0n) is 13.8. The van der Waals surface area contributed by atoms with Crippen LogP contribution in [0, 0.1) is 0 Å². The maximum atomic E-state index is 12.8. The molecule has 0 unspecified atom stereocenters. The number of benzene rings is 1. The van der Waals surface area contributed by atoms with E-state index >= 15 is 0 Å². The number of hydrogen-bond donors (Lipinski definition) is 0. The van der Waals surface area contributed by atoms with Crippen LogP contribution in [-0.2, 0) is 10.2 Å². The summed E-state index contributed by atoms with van der Waals surface area (Å²) in [5.41, 5.74) is 1.66. The van der Waals surface area contributed by atoms with E-state index in [2.05, 4.69) is 20.8 Å². The number of carbonyl (C=O) groups excluding carboxylic acids is 2. The van der Waals surface area contributed by atoms with Gasteiger partial charge in [0.25, 0.3) is 5.91 Å². The van der Waals surface area contributed by atoms with Gasteiger partial charge in [0.2, 0.25) is 6.41 Å². The highest BCUT2D eigenvalue weighted by Crippen LogP contribution is 2.29. The Balaban J connectivity index is 2.26. The van der Waals surface area contributed by atoms with Crippen molar-refractivity contribution in [3.05, 3.63) is 29.3 Å². The molecular formula is C17H24N2O3. The van der Waals surface area contributed by atoms with Crippen molar-refractivity contribution in [3.63, 3.8) is 0 Å². The van der Waals surface area contributed by atoms with Crippen molar-refractivity contribution in [3.8, 4) is 5.75 Å². The first-order valence-electron chi connectivity index (χ1n) is 7.54. The zero-order valence-corrected chi connectivity index (χ0v) is 13.8. The first-order valence-corrected chi connectivity index (χ1v) is 7.54. The lowest BCUT2D eigenvalue weighted by molar-refractivity contribution is -0.119. The van der Waals surface area contributed by atoms with Crippen molar-refractivity contribution in [2.24, 2.45) is 0 Å². The van der Waals surface area contributed by atoms with E-state index in [-0.39, 0.29) is 11.3 Å². The summed E-state index contributed by atoms with van der Waals surface area (Å²) in [6.07, 6.45) is 0.836. The van der Waals surface area contributed by atoms with Gasteiger partial charge in [-0.05, 0) is 23.1 Å². The Labute approximate surface area is 131 Å². The normalized spacial score (nSPS) is 15.6. The van der Waals surface area contributed by atoms with Crippen LogP contribution in [0.25, 0.3) is 0 Å². The fourth-order valence-electron chi connectivity index (χ4n) is 2.54. The van der Waals surface area contributed by atoms with Gasteiger partial charge < -0.3 is 14.5 Å². The van der Waals surface area contributed by atoms with Crippen molar-refractivity contribution >= 4 is 12.3 Å². The summed E-state index contributed by atoms with van der Waals surface area (Å²) in [6, 6.07) is 5.78. The minimum absolute atomic E-state index is 0.0302. The first-order chi connectivity index (χ1) is 10.4. The van der Waals surface area contributed by atoms with Gasteiger partial charge in [-0.25, -0.2) is 0 Å². The molecule has 22 heavy (non-hydrogen) atoms. The SMILES string of the molecule is COc1ccc(C(C)(C)C)cc1C(=O)N1CCN(C=O)CC1. The monoisotopic (exact) mass is 304 g/mol. The summed E-state index contributed by atoms with van der Waals surface area (Å²) in [4.78, 5) is 27.0. The summed E-state index contributed by atoms with van der Waals surface area (Å²) >= 11 is 0. The summed E-state index contributed by atoms with van der Waals surface area (Å²) in [5, 5.41) is 0. The highest BCUT2D eigenvalue weighted by atomic mass is 16.5. The molecule has 1 aliphatic rings. The predicted octanol–water partition coefficient (Wildman–Crippen LogP) is 1.91. The molecule has 120 valence electrons. The molecule has 0 saturated carbocycles. The Morgan fingerprint density at radius 2 is 1.82 bits per heavy atom. The maximum absolute atomic E-state index is 12.8. The molecule has 2 amide bonds. The lowest BCUT2D eigenvalue weighted by atomic mass is 9.86. The molecule has 2 rings (SSSR count). The van der Waals surface area contributed by atoms with Crippen molar-refractivity contribution < 1.29 is 14.3 Å². The van der Waals surface area contributed by atoms with Crippen LogP contribution in [0.3, 0.4) is 0 Å². The molecule has 0 atom stereocenters. The number of nitrogens with zero attached hydrogens (tertiary/aromatic N) is 2. The molecule has 1 aliphatic heterocycles. The molecule has 1 aromatic rings.